The lowest BCUT2D eigenvalue weighted by Crippen LogP contribution is -2.53. The van der Waals surface area contributed by atoms with Gasteiger partial charge in [0, 0.05) is 0 Å². The van der Waals surface area contributed by atoms with Gasteiger partial charge in [0.1, 0.15) is 16.2 Å². The van der Waals surface area contributed by atoms with Crippen molar-refractivity contribution in [2.75, 3.05) is 0 Å². The molecule has 114 valence electrons. The van der Waals surface area contributed by atoms with E-state index in [1.165, 1.54) is 0 Å². The molecule has 2 aromatic heterocycles. The molecule has 4 rings (SSSR count). The Hall–Kier alpha value is -1.25. The summed E-state index contributed by atoms with van der Waals surface area (Å²) >= 11 is 7.25. The monoisotopic (exact) mass is 426 g/mol. The van der Waals surface area contributed by atoms with Crippen LogP contribution in [0, 0.1) is 6.92 Å². The van der Waals surface area contributed by atoms with E-state index >= 15 is 0 Å². The number of rotatable bonds is 1. The first-order valence-electron chi connectivity index (χ1n) is 6.76. The van der Waals surface area contributed by atoms with Gasteiger partial charge in [-0.25, -0.2) is 4.98 Å². The molecule has 0 spiro atoms. The molecule has 6 nitrogen and oxygen atoms in total. The number of alkyl halides is 2. The predicted molar refractivity (Wildman–Crippen MR) is 88.8 cm³/mol. The quantitative estimate of drug-likeness (QED) is 0.396. The van der Waals surface area contributed by atoms with Crippen LogP contribution in [-0.4, -0.2) is 30.7 Å². The smallest absolute Gasteiger partial charge is 0.185 e. The maximum atomic E-state index is 5.55. The average molecular weight is 428 g/mol. The van der Waals surface area contributed by atoms with Gasteiger partial charge in [-0.2, -0.15) is 0 Å². The van der Waals surface area contributed by atoms with E-state index < -0.39 is 5.54 Å². The average Bonchev–Trinajstić information content (AvgIpc) is 3.05. The van der Waals surface area contributed by atoms with Crippen LogP contribution in [0.15, 0.2) is 34.0 Å². The Bertz CT molecular complexity index is 818. The van der Waals surface area contributed by atoms with Gasteiger partial charge in [0.25, 0.3) is 0 Å². The highest BCUT2D eigenvalue weighted by Crippen LogP contribution is 2.44. The van der Waals surface area contributed by atoms with E-state index in [0.717, 1.165) is 22.6 Å². The van der Waals surface area contributed by atoms with Gasteiger partial charge >= 0.3 is 0 Å². The van der Waals surface area contributed by atoms with Gasteiger partial charge in [0.05, 0.1) is 16.2 Å². The molecular weight excluding hydrogens is 416 g/mol. The highest BCUT2D eigenvalue weighted by molar-refractivity contribution is 9.12. The third-order valence-corrected chi connectivity index (χ3v) is 6.50. The number of oxime groups is 1. The lowest BCUT2D eigenvalue weighted by atomic mass is 9.86. The molecule has 3 atom stereocenters. The predicted octanol–water partition coefficient (Wildman–Crippen LogP) is 3.40. The molecule has 22 heavy (non-hydrogen) atoms. The van der Waals surface area contributed by atoms with E-state index in [2.05, 4.69) is 54.3 Å². The molecule has 0 saturated heterocycles. The van der Waals surface area contributed by atoms with Crippen LogP contribution in [0.25, 0.3) is 11.1 Å². The zero-order valence-corrected chi connectivity index (χ0v) is 15.0. The molecule has 2 aliphatic rings. The molecule has 4 heterocycles. The highest BCUT2D eigenvalue weighted by atomic mass is 79.9. The van der Waals surface area contributed by atoms with Crippen molar-refractivity contribution in [2.24, 2.45) is 5.16 Å². The molecular formula is C14H12Br2N4O2. The van der Waals surface area contributed by atoms with Crippen LogP contribution in [0.1, 0.15) is 18.3 Å². The fraction of sp³-hybridized carbons (Fsp3) is 0.357. The fourth-order valence-corrected chi connectivity index (χ4v) is 3.76. The maximum Gasteiger partial charge on any atom is 0.185 e. The van der Waals surface area contributed by atoms with E-state index in [-0.39, 0.29) is 9.78 Å². The Balaban J connectivity index is 1.95. The Labute approximate surface area is 143 Å². The number of aryl methyl sites for hydroxylation is 1. The molecule has 0 fully saturated rings. The van der Waals surface area contributed by atoms with Gasteiger partial charge in [0.15, 0.2) is 11.1 Å². The zero-order valence-electron chi connectivity index (χ0n) is 11.8. The molecule has 0 radical (unpaired) electrons. The Morgan fingerprint density at radius 3 is 2.91 bits per heavy atom. The number of nitrogens with zero attached hydrogens (tertiary/aromatic N) is 4. The summed E-state index contributed by atoms with van der Waals surface area (Å²) in [6.45, 7) is 3.81. The van der Waals surface area contributed by atoms with Gasteiger partial charge in [-0.3, -0.25) is 4.94 Å². The zero-order chi connectivity index (χ0) is 15.5. The first-order chi connectivity index (χ1) is 10.5. The van der Waals surface area contributed by atoms with E-state index in [4.69, 9.17) is 14.4 Å². The topological polar surface area (TPSA) is 63.8 Å². The first-order valence-corrected chi connectivity index (χ1v) is 8.60. The molecule has 0 amide bonds. The largest absolute Gasteiger partial charge is 0.354 e. The Kier molecular flexibility index (Phi) is 3.18. The minimum absolute atomic E-state index is 0.0697. The summed E-state index contributed by atoms with van der Waals surface area (Å²) in [6.07, 6.45) is 4.14. The number of hydroxylamine groups is 2. The second kappa shape index (κ2) is 4.87. The Morgan fingerprint density at radius 1 is 1.27 bits per heavy atom. The van der Waals surface area contributed by atoms with E-state index in [0.29, 0.717) is 5.58 Å². The summed E-state index contributed by atoms with van der Waals surface area (Å²) < 4.78 is 5.24. The van der Waals surface area contributed by atoms with E-state index in [9.17, 15) is 0 Å². The summed E-state index contributed by atoms with van der Waals surface area (Å²) in [5.41, 5.74) is 3.22. The fourth-order valence-electron chi connectivity index (χ4n) is 2.82. The molecule has 2 aromatic rings. The third-order valence-electron chi connectivity index (χ3n) is 4.05. The SMILES string of the molecule is CC1=NON2C(Br)C(Br)C=CC12c1ccc2onc(C)c2n1. The van der Waals surface area contributed by atoms with Crippen LogP contribution < -0.4 is 0 Å². The molecule has 0 aromatic carbocycles. The van der Waals surface area contributed by atoms with Crippen molar-refractivity contribution < 1.29 is 9.46 Å². The first kappa shape index (κ1) is 14.3. The van der Waals surface area contributed by atoms with Crippen molar-refractivity contribution >= 4 is 48.7 Å². The summed E-state index contributed by atoms with van der Waals surface area (Å²) in [7, 11) is 0. The lowest BCUT2D eigenvalue weighted by molar-refractivity contribution is -0.182. The van der Waals surface area contributed by atoms with Crippen LogP contribution in [0.3, 0.4) is 0 Å². The molecule has 3 unspecified atom stereocenters. The molecule has 2 aliphatic heterocycles. The third kappa shape index (κ3) is 1.77. The van der Waals surface area contributed by atoms with Crippen molar-refractivity contribution in [3.05, 3.63) is 35.7 Å². The summed E-state index contributed by atoms with van der Waals surface area (Å²) in [4.78, 5) is 10.3. The molecule has 0 saturated carbocycles. The number of aromatic nitrogens is 2. The number of hydrogen-bond acceptors (Lipinski definition) is 6. The van der Waals surface area contributed by atoms with Crippen LogP contribution in [0.5, 0.6) is 0 Å². The van der Waals surface area contributed by atoms with Crippen molar-refractivity contribution in [3.63, 3.8) is 0 Å². The van der Waals surface area contributed by atoms with Gasteiger partial charge in [-0.15, -0.1) is 0 Å². The van der Waals surface area contributed by atoms with Crippen molar-refractivity contribution in [3.8, 4) is 0 Å². The van der Waals surface area contributed by atoms with Crippen molar-refractivity contribution in [1.82, 2.24) is 15.2 Å². The van der Waals surface area contributed by atoms with Crippen molar-refractivity contribution in [2.45, 2.75) is 29.2 Å². The van der Waals surface area contributed by atoms with E-state index in [1.807, 2.05) is 26.0 Å². The normalized spacial score (nSPS) is 31.2. The standard InChI is InChI=1S/C14H12Br2N4O2/c1-7-12-10(21-18-7)3-4-11(17-12)14-6-5-9(15)13(16)20(14)22-19-8(14)2/h3-6,9,13H,1-2H3. The van der Waals surface area contributed by atoms with Crippen LogP contribution in [-0.2, 0) is 10.5 Å². The number of pyridine rings is 1. The number of fused-ring (bicyclic) bond motifs is 2. The molecule has 8 heteroatoms. The second-order valence-electron chi connectivity index (χ2n) is 5.34. The summed E-state index contributed by atoms with van der Waals surface area (Å²) in [5, 5.41) is 9.93. The van der Waals surface area contributed by atoms with Crippen LogP contribution in [0.4, 0.5) is 0 Å². The van der Waals surface area contributed by atoms with Gasteiger partial charge in [-0.05, 0) is 26.0 Å². The van der Waals surface area contributed by atoms with Crippen LogP contribution >= 0.6 is 31.9 Å². The minimum atomic E-state index is -0.629. The minimum Gasteiger partial charge on any atom is -0.354 e. The number of hydrogen-bond donors (Lipinski definition) is 0. The van der Waals surface area contributed by atoms with Crippen LogP contribution in [0.2, 0.25) is 0 Å². The lowest BCUT2D eigenvalue weighted by Gasteiger charge is -2.39. The molecule has 0 aliphatic carbocycles. The summed E-state index contributed by atoms with van der Waals surface area (Å²) in [6, 6.07) is 3.81. The molecule has 0 bridgehead atoms. The number of halogens is 2. The second-order valence-corrected chi connectivity index (χ2v) is 7.33. The van der Waals surface area contributed by atoms with Gasteiger partial charge in [-0.1, -0.05) is 59.4 Å². The summed E-state index contributed by atoms with van der Waals surface area (Å²) in [5.74, 6) is 0. The van der Waals surface area contributed by atoms with Gasteiger partial charge < -0.3 is 4.52 Å². The van der Waals surface area contributed by atoms with Gasteiger partial charge in [0.2, 0.25) is 0 Å². The molecule has 0 N–H and O–H groups in total. The van der Waals surface area contributed by atoms with Crippen molar-refractivity contribution in [1.29, 1.82) is 0 Å². The maximum absolute atomic E-state index is 5.55. The Morgan fingerprint density at radius 2 is 2.09 bits per heavy atom. The highest BCUT2D eigenvalue weighted by Gasteiger charge is 2.53. The van der Waals surface area contributed by atoms with E-state index in [1.54, 1.807) is 5.06 Å².